The summed E-state index contributed by atoms with van der Waals surface area (Å²) in [7, 11) is 0. The van der Waals surface area contributed by atoms with Gasteiger partial charge in [-0.2, -0.15) is 0 Å². The van der Waals surface area contributed by atoms with Crippen LogP contribution in [0.25, 0.3) is 0 Å². The molecule has 0 spiro atoms. The normalized spacial score (nSPS) is 22.7. The number of hydrogen-bond acceptors (Lipinski definition) is 2. The maximum absolute atomic E-state index is 6.23. The van der Waals surface area contributed by atoms with Gasteiger partial charge in [0.1, 0.15) is 0 Å². The zero-order valence-corrected chi connectivity index (χ0v) is 11.1. The Morgan fingerprint density at radius 3 is 2.35 bits per heavy atom. The fourth-order valence-corrected chi connectivity index (χ4v) is 2.31. The van der Waals surface area contributed by atoms with Gasteiger partial charge in [0.15, 0.2) is 0 Å². The van der Waals surface area contributed by atoms with E-state index in [-0.39, 0.29) is 17.6 Å². The zero-order chi connectivity index (χ0) is 12.5. The molecule has 1 saturated heterocycles. The van der Waals surface area contributed by atoms with Crippen LogP contribution in [-0.2, 0) is 10.2 Å². The third-order valence-corrected chi connectivity index (χ3v) is 3.53. The first kappa shape index (κ1) is 12.6. The molecule has 1 aliphatic heterocycles. The van der Waals surface area contributed by atoms with Gasteiger partial charge >= 0.3 is 0 Å². The molecule has 2 N–H and O–H groups in total. The lowest BCUT2D eigenvalue weighted by molar-refractivity contribution is 0.0900. The quantitative estimate of drug-likeness (QED) is 0.851. The average Bonchev–Trinajstić information content (AvgIpc) is 2.80. The first-order chi connectivity index (χ1) is 7.98. The van der Waals surface area contributed by atoms with Crippen LogP contribution in [0.3, 0.4) is 0 Å². The van der Waals surface area contributed by atoms with Crippen LogP contribution in [0.15, 0.2) is 24.3 Å². The van der Waals surface area contributed by atoms with E-state index in [2.05, 4.69) is 45.0 Å². The van der Waals surface area contributed by atoms with Crippen LogP contribution in [0.4, 0.5) is 0 Å². The molecule has 0 aromatic heterocycles. The highest BCUT2D eigenvalue weighted by molar-refractivity contribution is 5.29. The fourth-order valence-electron chi connectivity index (χ4n) is 2.31. The molecule has 0 saturated carbocycles. The maximum Gasteiger partial charge on any atom is 0.0768 e. The van der Waals surface area contributed by atoms with E-state index in [0.29, 0.717) is 0 Å². The van der Waals surface area contributed by atoms with Gasteiger partial charge < -0.3 is 10.5 Å². The van der Waals surface area contributed by atoms with Crippen molar-refractivity contribution in [2.75, 3.05) is 6.61 Å². The van der Waals surface area contributed by atoms with Gasteiger partial charge in [0.05, 0.1) is 12.1 Å². The highest BCUT2D eigenvalue weighted by Crippen LogP contribution is 2.27. The molecule has 2 rings (SSSR count). The van der Waals surface area contributed by atoms with E-state index < -0.39 is 0 Å². The molecule has 94 valence electrons. The lowest BCUT2D eigenvalue weighted by atomic mass is 9.86. The number of rotatable bonds is 2. The highest BCUT2D eigenvalue weighted by atomic mass is 16.5. The summed E-state index contributed by atoms with van der Waals surface area (Å²) < 4.78 is 5.64. The van der Waals surface area contributed by atoms with Crippen molar-refractivity contribution in [1.82, 2.24) is 0 Å². The molecular weight excluding hydrogens is 210 g/mol. The third-order valence-electron chi connectivity index (χ3n) is 3.53. The molecule has 17 heavy (non-hydrogen) atoms. The summed E-state index contributed by atoms with van der Waals surface area (Å²) in [6, 6.07) is 8.68. The van der Waals surface area contributed by atoms with Crippen LogP contribution >= 0.6 is 0 Å². The Bertz CT molecular complexity index is 358. The van der Waals surface area contributed by atoms with Crippen molar-refractivity contribution in [2.24, 2.45) is 5.73 Å². The Morgan fingerprint density at radius 1 is 1.24 bits per heavy atom. The second-order valence-electron chi connectivity index (χ2n) is 5.95. The van der Waals surface area contributed by atoms with Crippen LogP contribution in [-0.4, -0.2) is 12.7 Å². The SMILES string of the molecule is CC(C)(C)c1ccc(C(N)C2CCCO2)cc1. The first-order valence-corrected chi connectivity index (χ1v) is 6.46. The van der Waals surface area contributed by atoms with Crippen molar-refractivity contribution in [3.63, 3.8) is 0 Å². The van der Waals surface area contributed by atoms with Gasteiger partial charge in [-0.1, -0.05) is 45.0 Å². The number of hydrogen-bond donors (Lipinski definition) is 1. The number of nitrogens with two attached hydrogens (primary N) is 1. The molecule has 1 fully saturated rings. The topological polar surface area (TPSA) is 35.2 Å². The minimum Gasteiger partial charge on any atom is -0.376 e. The third kappa shape index (κ3) is 2.88. The van der Waals surface area contributed by atoms with E-state index in [1.807, 2.05) is 0 Å². The number of benzene rings is 1. The van der Waals surface area contributed by atoms with Gasteiger partial charge in [-0.05, 0) is 29.4 Å². The molecule has 2 nitrogen and oxygen atoms in total. The Morgan fingerprint density at radius 2 is 1.88 bits per heavy atom. The van der Waals surface area contributed by atoms with Gasteiger partial charge in [0.25, 0.3) is 0 Å². The van der Waals surface area contributed by atoms with Crippen molar-refractivity contribution >= 4 is 0 Å². The molecule has 0 bridgehead atoms. The van der Waals surface area contributed by atoms with E-state index in [0.717, 1.165) is 19.4 Å². The van der Waals surface area contributed by atoms with Crippen LogP contribution < -0.4 is 5.73 Å². The van der Waals surface area contributed by atoms with Crippen LogP contribution in [0.1, 0.15) is 50.8 Å². The molecule has 1 aromatic carbocycles. The predicted molar refractivity (Wildman–Crippen MR) is 71.0 cm³/mol. The molecule has 1 aliphatic rings. The van der Waals surface area contributed by atoms with Crippen molar-refractivity contribution in [3.05, 3.63) is 35.4 Å². The minimum absolute atomic E-state index is 0.0199. The Balaban J connectivity index is 2.12. The summed E-state index contributed by atoms with van der Waals surface area (Å²) in [5, 5.41) is 0. The summed E-state index contributed by atoms with van der Waals surface area (Å²) >= 11 is 0. The van der Waals surface area contributed by atoms with E-state index in [1.54, 1.807) is 0 Å². The molecule has 0 aliphatic carbocycles. The molecule has 2 unspecified atom stereocenters. The Kier molecular flexibility index (Phi) is 3.55. The summed E-state index contributed by atoms with van der Waals surface area (Å²) in [6.07, 6.45) is 2.43. The molecule has 0 radical (unpaired) electrons. The molecule has 2 heteroatoms. The zero-order valence-electron chi connectivity index (χ0n) is 11.1. The lowest BCUT2D eigenvalue weighted by Crippen LogP contribution is -2.25. The molecule has 2 atom stereocenters. The van der Waals surface area contributed by atoms with Crippen molar-refractivity contribution < 1.29 is 4.74 Å². The highest BCUT2D eigenvalue weighted by Gasteiger charge is 2.24. The summed E-state index contributed by atoms with van der Waals surface area (Å²) in [6.45, 7) is 7.53. The van der Waals surface area contributed by atoms with E-state index >= 15 is 0 Å². The first-order valence-electron chi connectivity index (χ1n) is 6.46. The Labute approximate surface area is 104 Å². The monoisotopic (exact) mass is 233 g/mol. The Hall–Kier alpha value is -0.860. The minimum atomic E-state index is 0.0199. The standard InChI is InChI=1S/C15H23NO/c1-15(2,3)12-8-6-11(7-9-12)14(16)13-5-4-10-17-13/h6-9,13-14H,4-5,10,16H2,1-3H3. The van der Waals surface area contributed by atoms with Crippen molar-refractivity contribution in [1.29, 1.82) is 0 Å². The molecular formula is C15H23NO. The van der Waals surface area contributed by atoms with Gasteiger partial charge in [-0.3, -0.25) is 0 Å². The predicted octanol–water partition coefficient (Wildman–Crippen LogP) is 3.16. The smallest absolute Gasteiger partial charge is 0.0768 e. The maximum atomic E-state index is 6.23. The van der Waals surface area contributed by atoms with Crippen molar-refractivity contribution in [2.45, 2.75) is 51.2 Å². The summed E-state index contributed by atoms with van der Waals surface area (Å²) in [4.78, 5) is 0. The second-order valence-corrected chi connectivity index (χ2v) is 5.95. The van der Waals surface area contributed by atoms with Crippen LogP contribution in [0, 0.1) is 0 Å². The average molecular weight is 233 g/mol. The van der Waals surface area contributed by atoms with Gasteiger partial charge in [-0.15, -0.1) is 0 Å². The van der Waals surface area contributed by atoms with E-state index in [4.69, 9.17) is 10.5 Å². The van der Waals surface area contributed by atoms with Crippen LogP contribution in [0.2, 0.25) is 0 Å². The van der Waals surface area contributed by atoms with E-state index in [1.165, 1.54) is 11.1 Å². The second kappa shape index (κ2) is 4.79. The van der Waals surface area contributed by atoms with Crippen LogP contribution in [0.5, 0.6) is 0 Å². The molecule has 1 heterocycles. The lowest BCUT2D eigenvalue weighted by Gasteiger charge is -2.22. The fraction of sp³-hybridized carbons (Fsp3) is 0.600. The molecule has 0 amide bonds. The number of ether oxygens (including phenoxy) is 1. The molecule has 1 aromatic rings. The summed E-state index contributed by atoms with van der Waals surface area (Å²) in [5.74, 6) is 0. The van der Waals surface area contributed by atoms with E-state index in [9.17, 15) is 0 Å². The van der Waals surface area contributed by atoms with Gasteiger partial charge in [0.2, 0.25) is 0 Å². The van der Waals surface area contributed by atoms with Crippen molar-refractivity contribution in [3.8, 4) is 0 Å². The largest absolute Gasteiger partial charge is 0.376 e. The van der Waals surface area contributed by atoms with Gasteiger partial charge in [0, 0.05) is 6.61 Å². The summed E-state index contributed by atoms with van der Waals surface area (Å²) in [5.41, 5.74) is 8.97. The van der Waals surface area contributed by atoms with Gasteiger partial charge in [-0.25, -0.2) is 0 Å².